The van der Waals surface area contributed by atoms with Gasteiger partial charge in [0.1, 0.15) is 5.82 Å². The molecule has 1 aliphatic rings. The van der Waals surface area contributed by atoms with Gasteiger partial charge in [0.15, 0.2) is 11.5 Å². The van der Waals surface area contributed by atoms with Gasteiger partial charge in [0, 0.05) is 30.8 Å². The number of nitrogens with zero attached hydrogens (tertiary/aromatic N) is 6. The number of amides is 1. The van der Waals surface area contributed by atoms with Crippen LogP contribution in [0.3, 0.4) is 0 Å². The SMILES string of the molecule is CC(C)c1noc(-c2ccn3c(CC(=O)N4CCCC4)nnc3c2)n1. The van der Waals surface area contributed by atoms with Crippen LogP contribution in [0.4, 0.5) is 0 Å². The average molecular weight is 340 g/mol. The Labute approximate surface area is 144 Å². The van der Waals surface area contributed by atoms with Crippen LogP contribution in [0.2, 0.25) is 0 Å². The van der Waals surface area contributed by atoms with Gasteiger partial charge in [-0.3, -0.25) is 9.20 Å². The second kappa shape index (κ2) is 6.27. The summed E-state index contributed by atoms with van der Waals surface area (Å²) in [5.74, 6) is 2.09. The van der Waals surface area contributed by atoms with E-state index in [1.54, 1.807) is 0 Å². The molecule has 0 radical (unpaired) electrons. The molecule has 0 bridgehead atoms. The first-order valence-corrected chi connectivity index (χ1v) is 8.57. The van der Waals surface area contributed by atoms with Gasteiger partial charge in [-0.15, -0.1) is 10.2 Å². The van der Waals surface area contributed by atoms with E-state index in [0.717, 1.165) is 31.5 Å². The molecule has 1 saturated heterocycles. The van der Waals surface area contributed by atoms with Crippen LogP contribution in [-0.4, -0.2) is 48.6 Å². The van der Waals surface area contributed by atoms with Crippen molar-refractivity contribution in [1.29, 1.82) is 0 Å². The zero-order chi connectivity index (χ0) is 17.4. The molecule has 0 saturated carbocycles. The summed E-state index contributed by atoms with van der Waals surface area (Å²) >= 11 is 0. The number of rotatable bonds is 4. The van der Waals surface area contributed by atoms with E-state index in [0.29, 0.717) is 23.2 Å². The average Bonchev–Trinajstić information content (AvgIpc) is 3.35. The van der Waals surface area contributed by atoms with Gasteiger partial charge >= 0.3 is 0 Å². The third kappa shape index (κ3) is 2.99. The van der Waals surface area contributed by atoms with Gasteiger partial charge in [0.2, 0.25) is 5.91 Å². The summed E-state index contributed by atoms with van der Waals surface area (Å²) in [6.07, 6.45) is 4.27. The molecule has 1 aliphatic heterocycles. The molecule has 0 aromatic carbocycles. The highest BCUT2D eigenvalue weighted by atomic mass is 16.5. The quantitative estimate of drug-likeness (QED) is 0.722. The van der Waals surface area contributed by atoms with Gasteiger partial charge in [-0.25, -0.2) is 0 Å². The van der Waals surface area contributed by atoms with Crippen LogP contribution in [0.1, 0.15) is 44.3 Å². The Hall–Kier alpha value is -2.77. The summed E-state index contributed by atoms with van der Waals surface area (Å²) in [5, 5.41) is 12.3. The van der Waals surface area contributed by atoms with Crippen LogP contribution in [0.25, 0.3) is 17.1 Å². The smallest absolute Gasteiger partial charge is 0.258 e. The van der Waals surface area contributed by atoms with Gasteiger partial charge in [-0.1, -0.05) is 19.0 Å². The topological polar surface area (TPSA) is 89.4 Å². The van der Waals surface area contributed by atoms with Crippen LogP contribution in [-0.2, 0) is 11.2 Å². The molecule has 0 aliphatic carbocycles. The maximum Gasteiger partial charge on any atom is 0.258 e. The molecule has 3 aromatic heterocycles. The largest absolute Gasteiger partial charge is 0.342 e. The van der Waals surface area contributed by atoms with Crippen molar-refractivity contribution in [1.82, 2.24) is 29.6 Å². The Morgan fingerprint density at radius 1 is 1.28 bits per heavy atom. The lowest BCUT2D eigenvalue weighted by molar-refractivity contribution is -0.129. The number of pyridine rings is 1. The van der Waals surface area contributed by atoms with E-state index in [-0.39, 0.29) is 18.2 Å². The predicted molar refractivity (Wildman–Crippen MR) is 89.9 cm³/mol. The molecule has 1 amide bonds. The van der Waals surface area contributed by atoms with Crippen molar-refractivity contribution in [3.8, 4) is 11.5 Å². The first-order valence-electron chi connectivity index (χ1n) is 8.57. The molecule has 8 nitrogen and oxygen atoms in total. The first-order chi connectivity index (χ1) is 12.1. The lowest BCUT2D eigenvalue weighted by Crippen LogP contribution is -2.29. The van der Waals surface area contributed by atoms with Gasteiger partial charge in [0.25, 0.3) is 5.89 Å². The van der Waals surface area contributed by atoms with Gasteiger partial charge in [-0.2, -0.15) is 4.98 Å². The Balaban J connectivity index is 1.58. The van der Waals surface area contributed by atoms with Crippen LogP contribution in [0.15, 0.2) is 22.9 Å². The third-order valence-corrected chi connectivity index (χ3v) is 4.45. The van der Waals surface area contributed by atoms with Crippen molar-refractivity contribution in [2.45, 2.75) is 39.0 Å². The van der Waals surface area contributed by atoms with E-state index in [4.69, 9.17) is 4.52 Å². The fraction of sp³-hybridized carbons (Fsp3) is 0.471. The Bertz CT molecular complexity index is 907. The summed E-state index contributed by atoms with van der Waals surface area (Å²) < 4.78 is 7.15. The van der Waals surface area contributed by atoms with Crippen LogP contribution >= 0.6 is 0 Å². The fourth-order valence-electron chi connectivity index (χ4n) is 2.99. The van der Waals surface area contributed by atoms with Crippen LogP contribution < -0.4 is 0 Å². The molecule has 130 valence electrons. The van der Waals surface area contributed by atoms with E-state index >= 15 is 0 Å². The van der Waals surface area contributed by atoms with E-state index in [2.05, 4.69) is 20.3 Å². The van der Waals surface area contributed by atoms with Crippen LogP contribution in [0.5, 0.6) is 0 Å². The van der Waals surface area contributed by atoms with Gasteiger partial charge in [0.05, 0.1) is 6.42 Å². The maximum atomic E-state index is 12.3. The van der Waals surface area contributed by atoms with E-state index in [9.17, 15) is 4.79 Å². The molecule has 3 aromatic rings. The lowest BCUT2D eigenvalue weighted by Gasteiger charge is -2.14. The lowest BCUT2D eigenvalue weighted by atomic mass is 10.2. The number of carbonyl (C=O) groups is 1. The zero-order valence-electron chi connectivity index (χ0n) is 14.3. The van der Waals surface area contributed by atoms with Crippen molar-refractivity contribution in [3.05, 3.63) is 30.0 Å². The van der Waals surface area contributed by atoms with E-state index in [1.807, 2.05) is 41.5 Å². The van der Waals surface area contributed by atoms with Gasteiger partial charge < -0.3 is 9.42 Å². The maximum absolute atomic E-state index is 12.3. The standard InChI is InChI=1S/C17H20N6O2/c1-11(2)16-18-17(25-21-16)12-5-8-23-13(9-12)19-20-14(23)10-15(24)22-6-3-4-7-22/h5,8-9,11H,3-4,6-7,10H2,1-2H3. The molecular weight excluding hydrogens is 320 g/mol. The number of aromatic nitrogens is 5. The number of fused-ring (bicyclic) bond motifs is 1. The van der Waals surface area contributed by atoms with Crippen molar-refractivity contribution in [2.75, 3.05) is 13.1 Å². The van der Waals surface area contributed by atoms with Crippen molar-refractivity contribution < 1.29 is 9.32 Å². The second-order valence-corrected chi connectivity index (χ2v) is 6.64. The van der Waals surface area contributed by atoms with Crippen molar-refractivity contribution in [2.24, 2.45) is 0 Å². The monoisotopic (exact) mass is 340 g/mol. The highest BCUT2D eigenvalue weighted by Crippen LogP contribution is 2.21. The minimum Gasteiger partial charge on any atom is -0.342 e. The first kappa shape index (κ1) is 15.7. The summed E-state index contributed by atoms with van der Waals surface area (Å²) in [6, 6.07) is 3.71. The van der Waals surface area contributed by atoms with Crippen molar-refractivity contribution >= 4 is 11.6 Å². The molecule has 1 fully saturated rings. The minimum absolute atomic E-state index is 0.106. The Kier molecular flexibility index (Phi) is 3.95. The molecule has 25 heavy (non-hydrogen) atoms. The van der Waals surface area contributed by atoms with E-state index in [1.165, 1.54) is 0 Å². The molecule has 4 heterocycles. The molecule has 4 rings (SSSR count). The Morgan fingerprint density at radius 2 is 2.08 bits per heavy atom. The molecule has 0 spiro atoms. The van der Waals surface area contributed by atoms with Gasteiger partial charge in [-0.05, 0) is 25.0 Å². The molecular formula is C17H20N6O2. The fourth-order valence-corrected chi connectivity index (χ4v) is 2.99. The predicted octanol–water partition coefficient (Wildman–Crippen LogP) is 2.07. The number of likely N-dealkylation sites (tertiary alicyclic amines) is 1. The van der Waals surface area contributed by atoms with Crippen LogP contribution in [0, 0.1) is 0 Å². The highest BCUT2D eigenvalue weighted by Gasteiger charge is 2.20. The van der Waals surface area contributed by atoms with E-state index < -0.39 is 0 Å². The summed E-state index contributed by atoms with van der Waals surface area (Å²) in [7, 11) is 0. The highest BCUT2D eigenvalue weighted by molar-refractivity contribution is 5.78. The molecule has 8 heteroatoms. The zero-order valence-corrected chi connectivity index (χ0v) is 14.3. The third-order valence-electron chi connectivity index (χ3n) is 4.45. The van der Waals surface area contributed by atoms with Crippen molar-refractivity contribution in [3.63, 3.8) is 0 Å². The number of hydrogen-bond acceptors (Lipinski definition) is 6. The minimum atomic E-state index is 0.106. The summed E-state index contributed by atoms with van der Waals surface area (Å²) in [6.45, 7) is 5.71. The Morgan fingerprint density at radius 3 is 2.80 bits per heavy atom. The normalized spacial score (nSPS) is 14.8. The summed E-state index contributed by atoms with van der Waals surface area (Å²) in [5.41, 5.74) is 1.45. The molecule has 0 unspecified atom stereocenters. The molecule has 0 atom stereocenters. The second-order valence-electron chi connectivity index (χ2n) is 6.64. The number of carbonyl (C=O) groups excluding carboxylic acids is 1. The molecule has 0 N–H and O–H groups in total. The number of hydrogen-bond donors (Lipinski definition) is 0. The summed E-state index contributed by atoms with van der Waals surface area (Å²) in [4.78, 5) is 18.6.